The Kier molecular flexibility index (Phi) is 8.19. The molecule has 114 valence electrons. The molecular formula is C16H29N3O. The van der Waals surface area contributed by atoms with Crippen LogP contribution in [0.5, 0.6) is 0 Å². The molecule has 2 N–H and O–H groups in total. The largest absolute Gasteiger partial charge is 0.330 e. The van der Waals surface area contributed by atoms with Crippen molar-refractivity contribution < 1.29 is 4.79 Å². The smallest absolute Gasteiger partial charge is 0.138 e. The topological polar surface area (TPSA) is 60.9 Å². The summed E-state index contributed by atoms with van der Waals surface area (Å²) in [5, 5.41) is 4.53. The van der Waals surface area contributed by atoms with Crippen molar-refractivity contribution in [1.29, 1.82) is 0 Å². The van der Waals surface area contributed by atoms with E-state index in [-0.39, 0.29) is 0 Å². The standard InChI is InChI=1S/C16H29N3O/c1-3-15(4-2)19-12-10-14(18-19)13-16(20)9-7-5-6-8-11-17/h10,12,15H,3-9,11,13,17H2,1-2H3. The molecule has 0 radical (unpaired) electrons. The van der Waals surface area contributed by atoms with E-state index in [0.717, 1.165) is 50.8 Å². The molecule has 0 amide bonds. The van der Waals surface area contributed by atoms with Gasteiger partial charge in [0.25, 0.3) is 0 Å². The van der Waals surface area contributed by atoms with Crippen LogP contribution in [0.3, 0.4) is 0 Å². The number of aromatic nitrogens is 2. The molecule has 0 spiro atoms. The molecule has 20 heavy (non-hydrogen) atoms. The zero-order valence-electron chi connectivity index (χ0n) is 13.0. The van der Waals surface area contributed by atoms with Crippen molar-refractivity contribution in [2.24, 2.45) is 5.73 Å². The number of nitrogens with zero attached hydrogens (tertiary/aromatic N) is 2. The van der Waals surface area contributed by atoms with Crippen molar-refractivity contribution in [1.82, 2.24) is 9.78 Å². The van der Waals surface area contributed by atoms with E-state index in [1.54, 1.807) is 0 Å². The zero-order chi connectivity index (χ0) is 14.8. The SMILES string of the molecule is CCC(CC)n1ccc(CC(=O)CCCCCCN)n1. The lowest BCUT2D eigenvalue weighted by Gasteiger charge is -2.12. The number of Topliss-reactive ketones (excluding diaryl/α,β-unsaturated/α-hetero) is 1. The molecule has 0 aliphatic carbocycles. The second-order valence-electron chi connectivity index (χ2n) is 5.43. The highest BCUT2D eigenvalue weighted by molar-refractivity contribution is 5.80. The number of ketones is 1. The fraction of sp³-hybridized carbons (Fsp3) is 0.750. The first kappa shape index (κ1) is 16.9. The van der Waals surface area contributed by atoms with Gasteiger partial charge in [0.2, 0.25) is 0 Å². The van der Waals surface area contributed by atoms with Crippen LogP contribution in [0.1, 0.15) is 70.5 Å². The summed E-state index contributed by atoms with van der Waals surface area (Å²) >= 11 is 0. The first-order chi connectivity index (χ1) is 9.71. The van der Waals surface area contributed by atoms with Crippen molar-refractivity contribution in [2.45, 2.75) is 71.3 Å². The summed E-state index contributed by atoms with van der Waals surface area (Å²) < 4.78 is 2.00. The summed E-state index contributed by atoms with van der Waals surface area (Å²) in [6.07, 6.45) is 9.58. The lowest BCUT2D eigenvalue weighted by atomic mass is 10.1. The fourth-order valence-electron chi connectivity index (χ4n) is 2.45. The van der Waals surface area contributed by atoms with Crippen LogP contribution < -0.4 is 5.73 Å². The van der Waals surface area contributed by atoms with Crippen molar-refractivity contribution in [3.05, 3.63) is 18.0 Å². The molecule has 1 aromatic rings. The van der Waals surface area contributed by atoms with E-state index in [1.807, 2.05) is 16.9 Å². The number of carbonyl (C=O) groups is 1. The Labute approximate surface area is 122 Å². The number of unbranched alkanes of at least 4 members (excludes halogenated alkanes) is 3. The van der Waals surface area contributed by atoms with Gasteiger partial charge < -0.3 is 5.73 Å². The molecule has 0 saturated heterocycles. The van der Waals surface area contributed by atoms with E-state index in [9.17, 15) is 4.79 Å². The minimum Gasteiger partial charge on any atom is -0.330 e. The van der Waals surface area contributed by atoms with Gasteiger partial charge in [0, 0.05) is 12.6 Å². The Bertz CT molecular complexity index is 383. The van der Waals surface area contributed by atoms with Gasteiger partial charge in [-0.1, -0.05) is 26.7 Å². The highest BCUT2D eigenvalue weighted by Crippen LogP contribution is 2.15. The van der Waals surface area contributed by atoms with E-state index in [1.165, 1.54) is 0 Å². The lowest BCUT2D eigenvalue weighted by Crippen LogP contribution is -2.09. The van der Waals surface area contributed by atoms with Crippen LogP contribution in [0.2, 0.25) is 0 Å². The minimum absolute atomic E-state index is 0.299. The first-order valence-corrected chi connectivity index (χ1v) is 7.97. The Balaban J connectivity index is 2.31. The molecule has 0 unspecified atom stereocenters. The van der Waals surface area contributed by atoms with E-state index < -0.39 is 0 Å². The van der Waals surface area contributed by atoms with Gasteiger partial charge in [-0.2, -0.15) is 5.10 Å². The molecule has 1 aromatic heterocycles. The van der Waals surface area contributed by atoms with Crippen LogP contribution in [-0.4, -0.2) is 22.1 Å². The van der Waals surface area contributed by atoms with Gasteiger partial charge in [-0.05, 0) is 38.3 Å². The molecule has 4 heteroatoms. The van der Waals surface area contributed by atoms with Gasteiger partial charge in [0.1, 0.15) is 5.78 Å². The maximum atomic E-state index is 11.9. The summed E-state index contributed by atoms with van der Waals surface area (Å²) in [5.74, 6) is 0.299. The molecule has 4 nitrogen and oxygen atoms in total. The summed E-state index contributed by atoms with van der Waals surface area (Å²) in [4.78, 5) is 11.9. The van der Waals surface area contributed by atoms with Gasteiger partial charge in [0.15, 0.2) is 0 Å². The number of hydrogen-bond donors (Lipinski definition) is 1. The van der Waals surface area contributed by atoms with Crippen LogP contribution in [0, 0.1) is 0 Å². The molecular weight excluding hydrogens is 250 g/mol. The van der Waals surface area contributed by atoms with E-state index in [0.29, 0.717) is 24.7 Å². The van der Waals surface area contributed by atoms with Crippen molar-refractivity contribution in [3.8, 4) is 0 Å². The fourth-order valence-corrected chi connectivity index (χ4v) is 2.45. The number of rotatable bonds is 11. The summed E-state index contributed by atoms with van der Waals surface area (Å²) in [6.45, 7) is 5.09. The van der Waals surface area contributed by atoms with E-state index >= 15 is 0 Å². The second kappa shape index (κ2) is 9.70. The third-order valence-electron chi connectivity index (χ3n) is 3.77. The van der Waals surface area contributed by atoms with Crippen molar-refractivity contribution in [3.63, 3.8) is 0 Å². The molecule has 0 saturated carbocycles. The maximum Gasteiger partial charge on any atom is 0.138 e. The van der Waals surface area contributed by atoms with Crippen LogP contribution >= 0.6 is 0 Å². The molecule has 1 rings (SSSR count). The van der Waals surface area contributed by atoms with Gasteiger partial charge in [0.05, 0.1) is 18.2 Å². The molecule has 0 aromatic carbocycles. The average Bonchev–Trinajstić information content (AvgIpc) is 2.88. The predicted octanol–water partition coefficient (Wildman–Crippen LogP) is 3.27. The monoisotopic (exact) mass is 279 g/mol. The number of nitrogens with two attached hydrogens (primary N) is 1. The number of carbonyl (C=O) groups excluding carboxylic acids is 1. The average molecular weight is 279 g/mol. The quantitative estimate of drug-likeness (QED) is 0.632. The number of hydrogen-bond acceptors (Lipinski definition) is 3. The van der Waals surface area contributed by atoms with Crippen LogP contribution in [0.25, 0.3) is 0 Å². The second-order valence-corrected chi connectivity index (χ2v) is 5.43. The first-order valence-electron chi connectivity index (χ1n) is 7.97. The predicted molar refractivity (Wildman–Crippen MR) is 82.7 cm³/mol. The molecule has 0 aliphatic heterocycles. The van der Waals surface area contributed by atoms with Gasteiger partial charge in [-0.25, -0.2) is 0 Å². The zero-order valence-corrected chi connectivity index (χ0v) is 13.0. The van der Waals surface area contributed by atoms with Crippen LogP contribution in [0.4, 0.5) is 0 Å². The van der Waals surface area contributed by atoms with Crippen LogP contribution in [-0.2, 0) is 11.2 Å². The van der Waals surface area contributed by atoms with E-state index in [2.05, 4.69) is 18.9 Å². The molecule has 0 atom stereocenters. The van der Waals surface area contributed by atoms with Crippen LogP contribution in [0.15, 0.2) is 12.3 Å². The molecule has 0 bridgehead atoms. The van der Waals surface area contributed by atoms with Crippen molar-refractivity contribution in [2.75, 3.05) is 6.54 Å². The molecule has 0 fully saturated rings. The van der Waals surface area contributed by atoms with Crippen molar-refractivity contribution >= 4 is 5.78 Å². The Morgan fingerprint density at radius 3 is 2.60 bits per heavy atom. The van der Waals surface area contributed by atoms with Gasteiger partial charge in [-0.15, -0.1) is 0 Å². The van der Waals surface area contributed by atoms with Gasteiger partial charge in [-0.3, -0.25) is 9.48 Å². The Morgan fingerprint density at radius 2 is 1.95 bits per heavy atom. The van der Waals surface area contributed by atoms with Gasteiger partial charge >= 0.3 is 0 Å². The molecule has 1 heterocycles. The lowest BCUT2D eigenvalue weighted by molar-refractivity contribution is -0.118. The third-order valence-corrected chi connectivity index (χ3v) is 3.77. The summed E-state index contributed by atoms with van der Waals surface area (Å²) in [7, 11) is 0. The third kappa shape index (κ3) is 5.87. The highest BCUT2D eigenvalue weighted by atomic mass is 16.1. The minimum atomic E-state index is 0.299. The normalized spacial score (nSPS) is 11.2. The summed E-state index contributed by atoms with van der Waals surface area (Å²) in [6, 6.07) is 2.43. The van der Waals surface area contributed by atoms with E-state index in [4.69, 9.17) is 5.73 Å². The maximum absolute atomic E-state index is 11.9. The Hall–Kier alpha value is -1.16. The Morgan fingerprint density at radius 1 is 1.25 bits per heavy atom. The molecule has 0 aliphatic rings. The summed E-state index contributed by atoms with van der Waals surface area (Å²) in [5.41, 5.74) is 6.35. The highest BCUT2D eigenvalue weighted by Gasteiger charge is 2.10.